The maximum absolute atomic E-state index is 12.4. The Morgan fingerprint density at radius 1 is 1.23 bits per heavy atom. The Hall–Kier alpha value is -2.93. The van der Waals surface area contributed by atoms with Crippen molar-refractivity contribution in [2.75, 3.05) is 0 Å². The Bertz CT molecular complexity index is 869. The summed E-state index contributed by atoms with van der Waals surface area (Å²) < 4.78 is 10.6. The van der Waals surface area contributed by atoms with E-state index in [2.05, 4.69) is 15.5 Å². The molecule has 1 aromatic carbocycles. The van der Waals surface area contributed by atoms with Crippen LogP contribution in [0.4, 0.5) is 0 Å². The average Bonchev–Trinajstić information content (AvgIpc) is 3.32. The molecule has 3 aromatic rings. The zero-order chi connectivity index (χ0) is 18.0. The van der Waals surface area contributed by atoms with Crippen molar-refractivity contribution < 1.29 is 13.7 Å². The normalized spacial score (nSPS) is 16.7. The third-order valence-electron chi connectivity index (χ3n) is 4.76. The van der Waals surface area contributed by atoms with E-state index >= 15 is 0 Å². The second-order valence-electron chi connectivity index (χ2n) is 6.66. The van der Waals surface area contributed by atoms with E-state index in [1.54, 1.807) is 12.1 Å². The number of carbonyl (C=O) groups excluding carboxylic acids is 1. The molecule has 1 fully saturated rings. The number of nitrogens with one attached hydrogen (secondary N) is 1. The summed E-state index contributed by atoms with van der Waals surface area (Å²) in [5, 5.41) is 6.97. The van der Waals surface area contributed by atoms with Gasteiger partial charge in [-0.2, -0.15) is 4.98 Å². The molecule has 3 N–H and O–H groups in total. The van der Waals surface area contributed by atoms with E-state index in [0.717, 1.165) is 24.8 Å². The van der Waals surface area contributed by atoms with E-state index in [-0.39, 0.29) is 11.7 Å². The summed E-state index contributed by atoms with van der Waals surface area (Å²) in [6.45, 7) is 0. The minimum atomic E-state index is -0.510. The average molecular weight is 352 g/mol. The lowest BCUT2D eigenvalue weighted by molar-refractivity contribution is 0.0900. The summed E-state index contributed by atoms with van der Waals surface area (Å²) in [6.07, 6.45) is 4.72. The number of furan rings is 1. The van der Waals surface area contributed by atoms with Gasteiger partial charge in [0.1, 0.15) is 6.04 Å². The number of benzene rings is 1. The van der Waals surface area contributed by atoms with E-state index in [4.69, 9.17) is 14.7 Å². The van der Waals surface area contributed by atoms with Crippen LogP contribution in [0.15, 0.2) is 57.7 Å². The number of nitrogens with two attached hydrogens (primary N) is 1. The number of hydrogen-bond donors (Lipinski definition) is 2. The van der Waals surface area contributed by atoms with Crippen LogP contribution in [0, 0.1) is 0 Å². The third kappa shape index (κ3) is 3.25. The molecule has 2 heterocycles. The standard InChI is InChI=1S/C19H20N4O3/c20-19(9-5-10-19)18-22-17(26-23-18)14(12-13-6-2-1-3-7-13)21-16(24)15-8-4-11-25-15/h1-4,6-8,11,14H,5,9-10,12,20H2,(H,21,24). The molecule has 134 valence electrons. The topological polar surface area (TPSA) is 107 Å². The molecule has 0 bridgehead atoms. The Morgan fingerprint density at radius 3 is 2.69 bits per heavy atom. The van der Waals surface area contributed by atoms with Crippen LogP contribution in [-0.4, -0.2) is 16.0 Å². The molecule has 1 amide bonds. The zero-order valence-corrected chi connectivity index (χ0v) is 14.2. The minimum absolute atomic E-state index is 0.233. The lowest BCUT2D eigenvalue weighted by atomic mass is 9.77. The highest BCUT2D eigenvalue weighted by atomic mass is 16.5. The lowest BCUT2D eigenvalue weighted by Gasteiger charge is -2.34. The van der Waals surface area contributed by atoms with E-state index in [9.17, 15) is 4.79 Å². The number of rotatable bonds is 6. The second-order valence-corrected chi connectivity index (χ2v) is 6.66. The molecular weight excluding hydrogens is 332 g/mol. The van der Waals surface area contributed by atoms with Crippen LogP contribution in [0.5, 0.6) is 0 Å². The summed E-state index contributed by atoms with van der Waals surface area (Å²) in [5.41, 5.74) is 6.82. The van der Waals surface area contributed by atoms with E-state index in [0.29, 0.717) is 18.1 Å². The highest BCUT2D eigenvalue weighted by molar-refractivity contribution is 5.91. The van der Waals surface area contributed by atoms with Crippen molar-refractivity contribution in [1.29, 1.82) is 0 Å². The fourth-order valence-corrected chi connectivity index (χ4v) is 3.05. The highest BCUT2D eigenvalue weighted by Gasteiger charge is 2.39. The molecule has 0 aliphatic heterocycles. The van der Waals surface area contributed by atoms with Gasteiger partial charge < -0.3 is 20.0 Å². The SMILES string of the molecule is NC1(c2noc(C(Cc3ccccc3)NC(=O)c3ccco3)n2)CCC1. The van der Waals surface area contributed by atoms with Crippen molar-refractivity contribution in [3.63, 3.8) is 0 Å². The van der Waals surface area contributed by atoms with Gasteiger partial charge in [0.25, 0.3) is 5.91 Å². The van der Waals surface area contributed by atoms with E-state index in [1.807, 2.05) is 30.3 Å². The molecule has 7 nitrogen and oxygen atoms in total. The first-order valence-electron chi connectivity index (χ1n) is 8.65. The minimum Gasteiger partial charge on any atom is -0.459 e. The summed E-state index contributed by atoms with van der Waals surface area (Å²) in [7, 11) is 0. The number of nitrogens with zero attached hydrogens (tertiary/aromatic N) is 2. The van der Waals surface area contributed by atoms with E-state index in [1.165, 1.54) is 6.26 Å². The molecule has 7 heteroatoms. The first-order valence-corrected chi connectivity index (χ1v) is 8.65. The number of carbonyl (C=O) groups is 1. The van der Waals surface area contributed by atoms with Crippen molar-refractivity contribution in [1.82, 2.24) is 15.5 Å². The van der Waals surface area contributed by atoms with Crippen LogP contribution < -0.4 is 11.1 Å². The predicted molar refractivity (Wildman–Crippen MR) is 93.1 cm³/mol. The van der Waals surface area contributed by atoms with E-state index < -0.39 is 11.6 Å². The fourth-order valence-electron chi connectivity index (χ4n) is 3.05. The number of hydrogen-bond acceptors (Lipinski definition) is 6. The van der Waals surface area contributed by atoms with Crippen LogP contribution in [0.3, 0.4) is 0 Å². The summed E-state index contributed by atoms with van der Waals surface area (Å²) in [4.78, 5) is 16.9. The van der Waals surface area contributed by atoms with Crippen molar-refractivity contribution in [3.8, 4) is 0 Å². The monoisotopic (exact) mass is 352 g/mol. The molecule has 1 saturated carbocycles. The quantitative estimate of drug-likeness (QED) is 0.706. The van der Waals surface area contributed by atoms with Gasteiger partial charge in [0.2, 0.25) is 5.89 Å². The zero-order valence-electron chi connectivity index (χ0n) is 14.2. The Balaban J connectivity index is 1.58. The van der Waals surface area contributed by atoms with Crippen LogP contribution in [-0.2, 0) is 12.0 Å². The molecule has 1 aliphatic rings. The fraction of sp³-hybridized carbons (Fsp3) is 0.316. The summed E-state index contributed by atoms with van der Waals surface area (Å²) in [6, 6.07) is 12.6. The molecule has 1 aliphatic carbocycles. The van der Waals surface area contributed by atoms with Gasteiger partial charge >= 0.3 is 0 Å². The first-order chi connectivity index (χ1) is 12.6. The second kappa shape index (κ2) is 6.76. The maximum Gasteiger partial charge on any atom is 0.287 e. The van der Waals surface area contributed by atoms with Gasteiger partial charge in [-0.1, -0.05) is 35.5 Å². The van der Waals surface area contributed by atoms with Gasteiger partial charge in [0, 0.05) is 6.42 Å². The molecule has 0 radical (unpaired) electrons. The molecule has 1 unspecified atom stereocenters. The molecule has 4 rings (SSSR count). The van der Waals surface area contributed by atoms with Crippen LogP contribution in [0.1, 0.15) is 53.1 Å². The Labute approximate surface area is 150 Å². The van der Waals surface area contributed by atoms with Crippen molar-refractivity contribution in [2.45, 2.75) is 37.3 Å². The van der Waals surface area contributed by atoms with Gasteiger partial charge in [-0.15, -0.1) is 0 Å². The molecule has 26 heavy (non-hydrogen) atoms. The van der Waals surface area contributed by atoms with Gasteiger partial charge in [-0.05, 0) is 37.0 Å². The molecule has 0 saturated heterocycles. The predicted octanol–water partition coefficient (Wildman–Crippen LogP) is 2.71. The molecule has 2 aromatic heterocycles. The van der Waals surface area contributed by atoms with Crippen LogP contribution >= 0.6 is 0 Å². The van der Waals surface area contributed by atoms with Gasteiger partial charge in [-0.25, -0.2) is 0 Å². The summed E-state index contributed by atoms with van der Waals surface area (Å²) in [5.74, 6) is 0.753. The highest BCUT2D eigenvalue weighted by Crippen LogP contribution is 2.37. The number of amides is 1. The van der Waals surface area contributed by atoms with Crippen molar-refractivity contribution >= 4 is 5.91 Å². The van der Waals surface area contributed by atoms with Gasteiger partial charge in [0.05, 0.1) is 11.8 Å². The summed E-state index contributed by atoms with van der Waals surface area (Å²) >= 11 is 0. The van der Waals surface area contributed by atoms with Crippen LogP contribution in [0.2, 0.25) is 0 Å². The van der Waals surface area contributed by atoms with Crippen molar-refractivity contribution in [2.24, 2.45) is 5.73 Å². The van der Waals surface area contributed by atoms with Gasteiger partial charge in [-0.3, -0.25) is 4.79 Å². The third-order valence-corrected chi connectivity index (χ3v) is 4.76. The lowest BCUT2D eigenvalue weighted by Crippen LogP contribution is -2.44. The van der Waals surface area contributed by atoms with Gasteiger partial charge in [0.15, 0.2) is 11.6 Å². The Morgan fingerprint density at radius 2 is 2.04 bits per heavy atom. The Kier molecular flexibility index (Phi) is 4.30. The largest absolute Gasteiger partial charge is 0.459 e. The molecule has 0 spiro atoms. The smallest absolute Gasteiger partial charge is 0.287 e. The maximum atomic E-state index is 12.4. The number of aromatic nitrogens is 2. The van der Waals surface area contributed by atoms with Crippen LogP contribution in [0.25, 0.3) is 0 Å². The van der Waals surface area contributed by atoms with Crippen molar-refractivity contribution in [3.05, 3.63) is 71.8 Å². The molecular formula is C19H20N4O3. The first kappa shape index (κ1) is 16.5. The molecule has 1 atom stereocenters.